The van der Waals surface area contributed by atoms with Crippen molar-refractivity contribution in [3.8, 4) is 0 Å². The molecule has 0 aromatic heterocycles. The van der Waals surface area contributed by atoms with Gasteiger partial charge in [-0.3, -0.25) is 0 Å². The van der Waals surface area contributed by atoms with E-state index in [9.17, 15) is 22.2 Å². The summed E-state index contributed by atoms with van der Waals surface area (Å²) in [6, 6.07) is 6.16. The molecule has 2 atom stereocenters. The largest absolute Gasteiger partial charge is 0.464 e. The fraction of sp³-hybridized carbons (Fsp3) is 0.533. The molecule has 1 aromatic carbocycles. The van der Waals surface area contributed by atoms with Gasteiger partial charge < -0.3 is 4.74 Å². The van der Waals surface area contributed by atoms with Crippen LogP contribution in [0.1, 0.15) is 26.3 Å². The van der Waals surface area contributed by atoms with Crippen molar-refractivity contribution >= 4 is 17.0 Å². The van der Waals surface area contributed by atoms with Crippen molar-refractivity contribution in [1.29, 1.82) is 0 Å². The number of aryl methyl sites for hydroxylation is 1. The number of alkyl halides is 3. The Kier molecular flexibility index (Phi) is 6.35. The minimum atomic E-state index is -4.96. The van der Waals surface area contributed by atoms with E-state index in [2.05, 4.69) is 4.74 Å². The van der Waals surface area contributed by atoms with Crippen molar-refractivity contribution in [3.63, 3.8) is 0 Å². The molecule has 0 aliphatic carbocycles. The van der Waals surface area contributed by atoms with Gasteiger partial charge >= 0.3 is 12.1 Å². The topological polar surface area (TPSA) is 55.4 Å². The van der Waals surface area contributed by atoms with Gasteiger partial charge in [0.15, 0.2) is 0 Å². The van der Waals surface area contributed by atoms with Crippen molar-refractivity contribution in [1.82, 2.24) is 4.72 Å². The first kappa shape index (κ1) is 19.6. The number of carbonyl (C=O) groups is 1. The standard InChI is InChI=1S/C15H20F3NO3S/c1-5-22-13(20)14(10(2)3,15(16,17)18)19-23(21)12-8-6-11(4)7-9-12/h6-10,19H,5H2,1-4H3/t14-,23?/m1/s1. The van der Waals surface area contributed by atoms with Gasteiger partial charge in [0.1, 0.15) is 11.0 Å². The first-order chi connectivity index (χ1) is 10.6. The van der Waals surface area contributed by atoms with E-state index in [1.54, 1.807) is 19.1 Å². The maximum absolute atomic E-state index is 13.6. The zero-order valence-corrected chi connectivity index (χ0v) is 14.2. The molecule has 23 heavy (non-hydrogen) atoms. The van der Waals surface area contributed by atoms with Crippen LogP contribution < -0.4 is 4.72 Å². The highest BCUT2D eigenvalue weighted by Crippen LogP contribution is 2.38. The number of nitrogens with one attached hydrogen (secondary N) is 1. The van der Waals surface area contributed by atoms with E-state index in [0.717, 1.165) is 5.56 Å². The minimum absolute atomic E-state index is 0.147. The van der Waals surface area contributed by atoms with Gasteiger partial charge in [-0.05, 0) is 31.9 Å². The molecule has 1 N–H and O–H groups in total. The lowest BCUT2D eigenvalue weighted by Gasteiger charge is -2.36. The Balaban J connectivity index is 3.26. The van der Waals surface area contributed by atoms with Crippen LogP contribution >= 0.6 is 0 Å². The Hall–Kier alpha value is -1.41. The third-order valence-corrected chi connectivity index (χ3v) is 4.61. The molecule has 0 radical (unpaired) electrons. The van der Waals surface area contributed by atoms with Crippen LogP contribution in [0.2, 0.25) is 0 Å². The third kappa shape index (κ3) is 4.11. The molecule has 0 aliphatic heterocycles. The van der Waals surface area contributed by atoms with E-state index in [0.29, 0.717) is 0 Å². The third-order valence-electron chi connectivity index (χ3n) is 3.40. The highest BCUT2D eigenvalue weighted by molar-refractivity contribution is 7.83. The van der Waals surface area contributed by atoms with Crippen LogP contribution in [0, 0.1) is 12.8 Å². The van der Waals surface area contributed by atoms with Crippen LogP contribution in [0.15, 0.2) is 29.2 Å². The molecule has 0 heterocycles. The van der Waals surface area contributed by atoms with E-state index in [1.165, 1.54) is 32.9 Å². The molecule has 0 bridgehead atoms. The summed E-state index contributed by atoms with van der Waals surface area (Å²) >= 11 is 0. The average molecular weight is 351 g/mol. The Labute approximate surface area is 136 Å². The van der Waals surface area contributed by atoms with Gasteiger partial charge in [-0.2, -0.15) is 13.2 Å². The van der Waals surface area contributed by atoms with Gasteiger partial charge in [-0.1, -0.05) is 31.5 Å². The van der Waals surface area contributed by atoms with Crippen molar-refractivity contribution in [3.05, 3.63) is 29.8 Å². The molecular weight excluding hydrogens is 331 g/mol. The summed E-state index contributed by atoms with van der Waals surface area (Å²) in [5.74, 6) is -2.70. The molecule has 4 nitrogen and oxygen atoms in total. The highest BCUT2D eigenvalue weighted by Gasteiger charge is 2.64. The number of carbonyl (C=O) groups excluding carboxylic acids is 1. The van der Waals surface area contributed by atoms with Crippen molar-refractivity contribution in [2.75, 3.05) is 6.61 Å². The molecule has 8 heteroatoms. The Morgan fingerprint density at radius 3 is 2.17 bits per heavy atom. The van der Waals surface area contributed by atoms with Gasteiger partial charge in [0.25, 0.3) is 0 Å². The van der Waals surface area contributed by atoms with Crippen LogP contribution in [0.3, 0.4) is 0 Å². The van der Waals surface area contributed by atoms with Crippen molar-refractivity contribution in [2.24, 2.45) is 5.92 Å². The highest BCUT2D eigenvalue weighted by atomic mass is 32.2. The molecule has 0 fully saturated rings. The van der Waals surface area contributed by atoms with Crippen molar-refractivity contribution < 1.29 is 26.9 Å². The predicted molar refractivity (Wildman–Crippen MR) is 81.0 cm³/mol. The van der Waals surface area contributed by atoms with Crippen LogP contribution in [0.4, 0.5) is 13.2 Å². The summed E-state index contributed by atoms with van der Waals surface area (Å²) < 4.78 is 59.8. The lowest BCUT2D eigenvalue weighted by molar-refractivity contribution is -0.218. The Morgan fingerprint density at radius 1 is 1.26 bits per heavy atom. The molecule has 0 aliphatic rings. The summed E-state index contributed by atoms with van der Waals surface area (Å²) in [5.41, 5.74) is -2.17. The molecule has 1 rings (SSSR count). The summed E-state index contributed by atoms with van der Waals surface area (Å²) in [7, 11) is -2.22. The SMILES string of the molecule is CCOC(=O)[C@](NS(=O)c1ccc(C)cc1)(C(C)C)C(F)(F)F. The number of hydrogen-bond acceptors (Lipinski definition) is 3. The fourth-order valence-corrected chi connectivity index (χ4v) is 3.24. The smallest absolute Gasteiger partial charge is 0.418 e. The van der Waals surface area contributed by atoms with Crippen LogP contribution in [-0.2, 0) is 20.5 Å². The lowest BCUT2D eigenvalue weighted by atomic mass is 9.87. The number of halogens is 3. The number of hydrogen-bond donors (Lipinski definition) is 1. The molecular formula is C15H20F3NO3S. The van der Waals surface area contributed by atoms with Gasteiger partial charge in [-0.15, -0.1) is 0 Å². The van der Waals surface area contributed by atoms with E-state index >= 15 is 0 Å². The summed E-state index contributed by atoms with van der Waals surface area (Å²) in [5, 5.41) is 0. The van der Waals surface area contributed by atoms with E-state index in [1.807, 2.05) is 4.72 Å². The van der Waals surface area contributed by atoms with Crippen LogP contribution in [0.25, 0.3) is 0 Å². The molecule has 0 saturated heterocycles. The molecule has 130 valence electrons. The van der Waals surface area contributed by atoms with Crippen molar-refractivity contribution in [2.45, 2.75) is 44.3 Å². The summed E-state index contributed by atoms with van der Waals surface area (Å²) in [4.78, 5) is 12.2. The van der Waals surface area contributed by atoms with Gasteiger partial charge in [0.2, 0.25) is 5.54 Å². The lowest BCUT2D eigenvalue weighted by Crippen LogP contribution is -2.66. The molecule has 1 unspecified atom stereocenters. The molecule has 1 aromatic rings. The predicted octanol–water partition coefficient (Wildman–Crippen LogP) is 3.13. The first-order valence-corrected chi connectivity index (χ1v) is 8.21. The summed E-state index contributed by atoms with van der Waals surface area (Å²) in [6.45, 7) is 5.46. The quantitative estimate of drug-likeness (QED) is 0.801. The normalized spacial score (nSPS) is 16.0. The molecule has 0 spiro atoms. The zero-order chi connectivity index (χ0) is 17.8. The van der Waals surface area contributed by atoms with Crippen LogP contribution in [-0.4, -0.2) is 28.5 Å². The van der Waals surface area contributed by atoms with Crippen LogP contribution in [0.5, 0.6) is 0 Å². The second-order valence-electron chi connectivity index (χ2n) is 5.36. The van der Waals surface area contributed by atoms with Gasteiger partial charge in [-0.25, -0.2) is 13.7 Å². The van der Waals surface area contributed by atoms with Gasteiger partial charge in [0.05, 0.1) is 11.5 Å². The number of ether oxygens (including phenoxy) is 1. The number of esters is 1. The van der Waals surface area contributed by atoms with E-state index < -0.39 is 34.6 Å². The zero-order valence-electron chi connectivity index (χ0n) is 13.4. The number of rotatable bonds is 6. The second kappa shape index (κ2) is 7.44. The maximum Gasteiger partial charge on any atom is 0.418 e. The minimum Gasteiger partial charge on any atom is -0.464 e. The first-order valence-electron chi connectivity index (χ1n) is 7.06. The molecule has 0 saturated carbocycles. The maximum atomic E-state index is 13.6. The second-order valence-corrected chi connectivity index (χ2v) is 6.58. The summed E-state index contributed by atoms with van der Waals surface area (Å²) in [6.07, 6.45) is -4.96. The Bertz CT molecular complexity index is 572. The fourth-order valence-electron chi connectivity index (χ4n) is 2.01. The van der Waals surface area contributed by atoms with Gasteiger partial charge in [0, 0.05) is 0 Å². The molecule has 0 amide bonds. The Morgan fingerprint density at radius 2 is 1.78 bits per heavy atom. The van der Waals surface area contributed by atoms with E-state index in [-0.39, 0.29) is 11.5 Å². The number of benzene rings is 1. The monoisotopic (exact) mass is 351 g/mol. The van der Waals surface area contributed by atoms with E-state index in [4.69, 9.17) is 0 Å². The average Bonchev–Trinajstić information content (AvgIpc) is 2.43.